The van der Waals surface area contributed by atoms with Crippen molar-refractivity contribution in [3.63, 3.8) is 0 Å². The van der Waals surface area contributed by atoms with E-state index in [0.29, 0.717) is 18.1 Å². The van der Waals surface area contributed by atoms with Gasteiger partial charge in [0.1, 0.15) is 9.79 Å². The molecule has 6 aromatic carbocycles. The molecule has 0 unspecified atom stereocenters. The molecule has 6 rings (SSSR count). The zero-order chi connectivity index (χ0) is 44.7. The predicted octanol–water partition coefficient (Wildman–Crippen LogP) is 5.17. The molecule has 0 saturated carbocycles. The molecule has 3 amide bonds. The van der Waals surface area contributed by atoms with Gasteiger partial charge in [0.15, 0.2) is 0 Å². The molecule has 0 atom stereocenters. The molecule has 26 heteroatoms. The fourth-order valence-electron chi connectivity index (χ4n) is 5.83. The minimum absolute atomic E-state index is 0.00867. The van der Waals surface area contributed by atoms with Crippen LogP contribution in [0.2, 0.25) is 0 Å². The predicted molar refractivity (Wildman–Crippen MR) is 215 cm³/mol. The minimum Gasteiger partial charge on any atom is -0.322 e. The molecule has 0 heterocycles. The normalized spacial score (nSPS) is 12.3. The Labute approximate surface area is 348 Å². The van der Waals surface area contributed by atoms with Gasteiger partial charge in [-0.1, -0.05) is 17.2 Å². The molecule has 8 N–H and O–H groups in total. The molecule has 0 aliphatic carbocycles. The second-order valence-electron chi connectivity index (χ2n) is 12.5. The fraction of sp³-hybridized carbons (Fsp3) is 0. The molecule has 61 heavy (non-hydrogen) atoms. The summed E-state index contributed by atoms with van der Waals surface area (Å²) in [6, 6.07) is 18.5. The van der Waals surface area contributed by atoms with E-state index in [1.165, 1.54) is 30.3 Å². The van der Waals surface area contributed by atoms with Gasteiger partial charge in [-0.05, 0) is 102 Å². The molecule has 318 valence electrons. The maximum atomic E-state index is 13.8. The maximum absolute atomic E-state index is 13.8. The van der Waals surface area contributed by atoms with Gasteiger partial charge in [0, 0.05) is 38.3 Å². The Bertz CT molecular complexity index is 3270. The summed E-state index contributed by atoms with van der Waals surface area (Å²) in [7, 11) is -19.4. The molecular weight excluding hydrogens is 911 g/mol. The highest BCUT2D eigenvalue weighted by Crippen LogP contribution is 2.33. The molecule has 0 fully saturated rings. The van der Waals surface area contributed by atoms with E-state index in [0.717, 1.165) is 66.7 Å². The summed E-state index contributed by atoms with van der Waals surface area (Å²) in [5.74, 6) is -2.88. The molecule has 0 spiro atoms. The summed E-state index contributed by atoms with van der Waals surface area (Å²) in [6.45, 7) is 0. The number of hydrogen-bond donors (Lipinski definition) is 8. The first-order valence-electron chi connectivity index (χ1n) is 16.3. The fourth-order valence-corrected chi connectivity index (χ4v) is 8.93. The lowest BCUT2D eigenvalue weighted by Crippen LogP contribution is -2.22. The Morgan fingerprint density at radius 1 is 0.475 bits per heavy atom. The third kappa shape index (κ3) is 10.4. The zero-order valence-electron chi connectivity index (χ0n) is 29.9. The quantitative estimate of drug-likeness (QED) is 0.0320. The lowest BCUT2D eigenvalue weighted by molar-refractivity contribution is -0.432. The van der Waals surface area contributed by atoms with Crippen molar-refractivity contribution in [2.75, 3.05) is 16.0 Å². The van der Waals surface area contributed by atoms with E-state index in [1.807, 2.05) is 0 Å². The van der Waals surface area contributed by atoms with Crippen LogP contribution in [-0.4, -0.2) is 74.9 Å². The summed E-state index contributed by atoms with van der Waals surface area (Å²) in [4.78, 5) is 38.4. The number of carbonyl (C=O) groups excluding carboxylic acids is 3. The Morgan fingerprint density at radius 3 is 1.51 bits per heavy atom. The molecule has 0 bridgehead atoms. The van der Waals surface area contributed by atoms with Crippen molar-refractivity contribution >= 4 is 109 Å². The van der Waals surface area contributed by atoms with Crippen LogP contribution in [0.5, 0.6) is 0 Å². The van der Waals surface area contributed by atoms with Gasteiger partial charge in [-0.25, -0.2) is 5.26 Å². The van der Waals surface area contributed by atoms with Gasteiger partial charge in [-0.3, -0.25) is 32.6 Å². The number of amides is 3. The zero-order valence-corrected chi connectivity index (χ0v) is 34.0. The summed E-state index contributed by atoms with van der Waals surface area (Å²) < 4.78 is 138. The average Bonchev–Trinajstić information content (AvgIpc) is 3.17. The van der Waals surface area contributed by atoms with E-state index in [2.05, 4.69) is 25.3 Å². The molecule has 0 aliphatic heterocycles. The number of nitrogens with one attached hydrogen (secondary N) is 3. The molecule has 0 saturated heterocycles. The van der Waals surface area contributed by atoms with Crippen LogP contribution >= 0.6 is 12.0 Å². The van der Waals surface area contributed by atoms with Crippen LogP contribution in [0.3, 0.4) is 0 Å². The number of hydrogen-bond acceptors (Lipinski definition) is 15. The Morgan fingerprint density at radius 2 is 0.967 bits per heavy atom. The number of carbonyl (C=O) groups is 3. The number of fused-ring (bicyclic) bond motifs is 2. The summed E-state index contributed by atoms with van der Waals surface area (Å²) in [5.41, 5.74) is -1.09. The highest BCUT2D eigenvalue weighted by atomic mass is 32.2. The summed E-state index contributed by atoms with van der Waals surface area (Å²) in [5, 5.41) is 19.3. The van der Waals surface area contributed by atoms with E-state index in [4.69, 9.17) is 5.26 Å². The van der Waals surface area contributed by atoms with Crippen LogP contribution in [0.4, 0.5) is 17.1 Å². The van der Waals surface area contributed by atoms with Gasteiger partial charge in [-0.15, -0.1) is 4.33 Å². The average molecular weight is 936 g/mol. The monoisotopic (exact) mass is 935 g/mol. The second-order valence-corrected chi connectivity index (χ2v) is 18.9. The highest BCUT2D eigenvalue weighted by Gasteiger charge is 2.24. The van der Waals surface area contributed by atoms with Gasteiger partial charge >= 0.3 is 0 Å². The summed E-state index contributed by atoms with van der Waals surface area (Å²) in [6.07, 6.45) is 0. The van der Waals surface area contributed by atoms with E-state index in [9.17, 15) is 66.3 Å². The lowest BCUT2D eigenvalue weighted by Gasteiger charge is -2.14. The third-order valence-corrected chi connectivity index (χ3v) is 12.5. The van der Waals surface area contributed by atoms with E-state index < -0.39 is 83.3 Å². The Hall–Kier alpha value is -5.88. The topological polar surface area (TPSA) is 343 Å². The number of rotatable bonds is 13. The van der Waals surface area contributed by atoms with Crippen molar-refractivity contribution < 1.29 is 80.9 Å². The largest absolute Gasteiger partial charge is 0.322 e. The third-order valence-electron chi connectivity index (χ3n) is 8.49. The van der Waals surface area contributed by atoms with Crippen LogP contribution < -0.4 is 16.0 Å². The molecular formula is C35H25N3O18S5. The highest BCUT2D eigenvalue weighted by molar-refractivity contribution is 7.94. The van der Waals surface area contributed by atoms with Crippen LogP contribution in [0.1, 0.15) is 31.1 Å². The van der Waals surface area contributed by atoms with Crippen LogP contribution in [0.15, 0.2) is 128 Å². The van der Waals surface area contributed by atoms with E-state index in [1.54, 1.807) is 0 Å². The summed E-state index contributed by atoms with van der Waals surface area (Å²) >= 11 is 0.380. The molecule has 0 aromatic heterocycles. The van der Waals surface area contributed by atoms with Gasteiger partial charge in [-0.2, -0.15) is 33.7 Å². The molecule has 21 nitrogen and oxygen atoms in total. The van der Waals surface area contributed by atoms with Crippen molar-refractivity contribution in [1.29, 1.82) is 0 Å². The molecule has 0 radical (unpaired) electrons. The van der Waals surface area contributed by atoms with Gasteiger partial charge in [0.05, 0.1) is 33.0 Å². The first-order chi connectivity index (χ1) is 28.4. The van der Waals surface area contributed by atoms with Crippen LogP contribution in [0, 0.1) is 0 Å². The minimum atomic E-state index is -5.01. The standard InChI is InChI=1S/C35H25N3O18S5/c39-33(37-22-4-10-28-20(12-22)14-26(59(46,47)48)17-32(28)61(52,53)54)18-1-8-29(30(15-18)35(41)36-21-2-6-25(7-3-21)58(43,44)45)34(40)38-23-5-9-27-19(11-23)13-24(57-56-55-42)16-31(27)60(49,50)51/h1-17,42H,(H,36,41)(H,37,39)(H,38,40)(H,43,44,45)(H,46,47,48)(H,49,50,51)(H,52,53,54). The van der Waals surface area contributed by atoms with Gasteiger partial charge < -0.3 is 16.0 Å². The Balaban J connectivity index is 1.37. The van der Waals surface area contributed by atoms with E-state index in [-0.39, 0.29) is 54.6 Å². The van der Waals surface area contributed by atoms with E-state index >= 15 is 0 Å². The second kappa shape index (κ2) is 16.9. The van der Waals surface area contributed by atoms with Crippen molar-refractivity contribution in [2.45, 2.75) is 24.5 Å². The van der Waals surface area contributed by atoms with Gasteiger partial charge in [0.25, 0.3) is 58.2 Å². The van der Waals surface area contributed by atoms with Crippen molar-refractivity contribution in [3.8, 4) is 0 Å². The van der Waals surface area contributed by atoms with Crippen molar-refractivity contribution in [1.82, 2.24) is 0 Å². The Kier molecular flexibility index (Phi) is 12.4. The van der Waals surface area contributed by atoms with Crippen molar-refractivity contribution in [2.24, 2.45) is 0 Å². The lowest BCUT2D eigenvalue weighted by atomic mass is 10.0. The van der Waals surface area contributed by atoms with Crippen LogP contribution in [0.25, 0.3) is 21.5 Å². The smallest absolute Gasteiger partial charge is 0.295 e. The number of anilines is 3. The maximum Gasteiger partial charge on any atom is 0.295 e. The first-order valence-corrected chi connectivity index (χ1v) is 22.8. The number of benzene rings is 6. The first kappa shape index (κ1) is 44.7. The van der Waals surface area contributed by atoms with Gasteiger partial charge in [0.2, 0.25) is 0 Å². The SMILES string of the molecule is O=C(Nc1ccc2c(S(=O)(=O)O)cc(S(=O)(=O)O)cc2c1)c1ccc(C(=O)Nc2ccc3c(S(=O)(=O)O)cc(SOOO)cc3c2)c(C(=O)Nc2ccc(S(=O)(=O)O)cc2)c1. The van der Waals surface area contributed by atoms with Crippen molar-refractivity contribution in [3.05, 3.63) is 120 Å². The molecule has 6 aromatic rings. The van der Waals surface area contributed by atoms with Crippen LogP contribution in [-0.2, 0) is 49.8 Å². The molecule has 0 aliphatic rings.